The van der Waals surface area contributed by atoms with E-state index >= 15 is 0 Å². The molecule has 20 heavy (non-hydrogen) atoms. The van der Waals surface area contributed by atoms with Gasteiger partial charge in [0.25, 0.3) is 0 Å². The van der Waals surface area contributed by atoms with Gasteiger partial charge in [0, 0.05) is 24.7 Å². The fraction of sp³-hybridized carbons (Fsp3) is 0.333. The van der Waals surface area contributed by atoms with E-state index in [9.17, 15) is 5.11 Å². The van der Waals surface area contributed by atoms with E-state index in [0.717, 1.165) is 5.56 Å². The Morgan fingerprint density at radius 2 is 2.10 bits per heavy atom. The molecule has 5 heteroatoms. The fourth-order valence-corrected chi connectivity index (χ4v) is 2.25. The molecule has 0 aromatic carbocycles. The monoisotopic (exact) mass is 272 g/mol. The van der Waals surface area contributed by atoms with E-state index in [1.54, 1.807) is 30.7 Å². The van der Waals surface area contributed by atoms with E-state index in [4.69, 9.17) is 9.47 Å². The van der Waals surface area contributed by atoms with Gasteiger partial charge in [-0.25, -0.2) is 4.98 Å². The maximum absolute atomic E-state index is 10.5. The molecular formula is C15H16N2O3. The third kappa shape index (κ3) is 2.20. The number of ether oxygens (including phenoxy) is 2. The summed E-state index contributed by atoms with van der Waals surface area (Å²) < 4.78 is 11.7. The van der Waals surface area contributed by atoms with Crippen molar-refractivity contribution < 1.29 is 14.6 Å². The zero-order valence-corrected chi connectivity index (χ0v) is 11.4. The van der Waals surface area contributed by atoms with E-state index < -0.39 is 17.8 Å². The predicted molar refractivity (Wildman–Crippen MR) is 72.6 cm³/mol. The third-order valence-corrected chi connectivity index (χ3v) is 3.37. The minimum atomic E-state index is -0.818. The fourth-order valence-electron chi connectivity index (χ4n) is 2.25. The van der Waals surface area contributed by atoms with Crippen molar-refractivity contribution in [3.63, 3.8) is 0 Å². The van der Waals surface area contributed by atoms with Gasteiger partial charge in [-0.05, 0) is 26.0 Å². The van der Waals surface area contributed by atoms with E-state index in [1.807, 2.05) is 26.0 Å². The molecule has 2 unspecified atom stereocenters. The molecule has 1 aliphatic rings. The highest BCUT2D eigenvalue weighted by Crippen LogP contribution is 2.41. The van der Waals surface area contributed by atoms with Crippen LogP contribution in [-0.2, 0) is 0 Å². The topological polar surface area (TPSA) is 64.5 Å². The summed E-state index contributed by atoms with van der Waals surface area (Å²) in [4.78, 5) is 8.21. The van der Waals surface area contributed by atoms with Crippen LogP contribution in [0.5, 0.6) is 11.6 Å². The SMILES string of the molecule is CC1(C)Oc2ccncc2C(Oc2ccccn2)C1O. The molecule has 0 aliphatic carbocycles. The zero-order chi connectivity index (χ0) is 14.2. The molecule has 0 amide bonds. The molecule has 104 valence electrons. The molecule has 2 aromatic rings. The Morgan fingerprint density at radius 3 is 2.85 bits per heavy atom. The molecule has 0 radical (unpaired) electrons. The average Bonchev–Trinajstić information content (AvgIpc) is 2.44. The lowest BCUT2D eigenvalue weighted by Gasteiger charge is -2.41. The molecule has 0 saturated heterocycles. The lowest BCUT2D eigenvalue weighted by Crippen LogP contribution is -2.50. The summed E-state index contributed by atoms with van der Waals surface area (Å²) in [5.41, 5.74) is -0.0154. The van der Waals surface area contributed by atoms with Crippen LogP contribution >= 0.6 is 0 Å². The van der Waals surface area contributed by atoms with Gasteiger partial charge in [0.15, 0.2) is 6.10 Å². The second-order valence-electron chi connectivity index (χ2n) is 5.27. The Hall–Kier alpha value is -2.14. The largest absolute Gasteiger partial charge is 0.484 e. The average molecular weight is 272 g/mol. The van der Waals surface area contributed by atoms with Gasteiger partial charge in [-0.2, -0.15) is 0 Å². The van der Waals surface area contributed by atoms with Crippen molar-refractivity contribution in [2.24, 2.45) is 0 Å². The molecule has 1 N–H and O–H groups in total. The van der Waals surface area contributed by atoms with Crippen molar-refractivity contribution in [2.45, 2.75) is 31.7 Å². The van der Waals surface area contributed by atoms with Crippen LogP contribution in [0, 0.1) is 0 Å². The van der Waals surface area contributed by atoms with E-state index in [0.29, 0.717) is 11.6 Å². The standard InChI is InChI=1S/C15H16N2O3/c1-15(2)14(18)13(19-12-5-3-4-7-17-12)10-9-16-8-6-11(10)20-15/h3-9,13-14,18H,1-2H3. The van der Waals surface area contributed by atoms with Gasteiger partial charge >= 0.3 is 0 Å². The molecule has 0 spiro atoms. The minimum Gasteiger partial charge on any atom is -0.484 e. The van der Waals surface area contributed by atoms with Crippen LogP contribution in [0.2, 0.25) is 0 Å². The Balaban J connectivity index is 1.99. The van der Waals surface area contributed by atoms with Crippen molar-refractivity contribution in [1.82, 2.24) is 9.97 Å². The number of rotatable bonds is 2. The summed E-state index contributed by atoms with van der Waals surface area (Å²) in [6, 6.07) is 7.18. The predicted octanol–water partition coefficient (Wildman–Crippen LogP) is 2.13. The Labute approximate surface area is 117 Å². The first-order valence-corrected chi connectivity index (χ1v) is 6.46. The molecule has 3 heterocycles. The van der Waals surface area contributed by atoms with E-state index in [1.165, 1.54) is 0 Å². The van der Waals surface area contributed by atoms with Crippen LogP contribution in [-0.4, -0.2) is 26.8 Å². The summed E-state index contributed by atoms with van der Waals surface area (Å²) >= 11 is 0. The number of fused-ring (bicyclic) bond motifs is 1. The minimum absolute atomic E-state index is 0.462. The van der Waals surface area contributed by atoms with Gasteiger partial charge in [-0.3, -0.25) is 4.98 Å². The second kappa shape index (κ2) is 4.76. The molecule has 2 atom stereocenters. The lowest BCUT2D eigenvalue weighted by atomic mass is 9.89. The van der Waals surface area contributed by atoms with Crippen molar-refractivity contribution in [1.29, 1.82) is 0 Å². The first-order chi connectivity index (χ1) is 9.58. The summed E-state index contributed by atoms with van der Waals surface area (Å²) in [5.74, 6) is 1.14. The second-order valence-corrected chi connectivity index (χ2v) is 5.27. The smallest absolute Gasteiger partial charge is 0.213 e. The molecule has 0 saturated carbocycles. The van der Waals surface area contributed by atoms with Crippen LogP contribution in [0.3, 0.4) is 0 Å². The maximum atomic E-state index is 10.5. The van der Waals surface area contributed by atoms with Crippen molar-refractivity contribution in [3.8, 4) is 11.6 Å². The highest BCUT2D eigenvalue weighted by atomic mass is 16.5. The maximum Gasteiger partial charge on any atom is 0.213 e. The van der Waals surface area contributed by atoms with Crippen LogP contribution in [0.1, 0.15) is 25.5 Å². The molecule has 1 aliphatic heterocycles. The molecule has 3 rings (SSSR count). The summed E-state index contributed by atoms with van der Waals surface area (Å²) in [6.07, 6.45) is 3.58. The Morgan fingerprint density at radius 1 is 1.25 bits per heavy atom. The number of hydrogen-bond acceptors (Lipinski definition) is 5. The van der Waals surface area contributed by atoms with Gasteiger partial charge in [0.1, 0.15) is 17.5 Å². The number of aromatic nitrogens is 2. The molecule has 0 fully saturated rings. The Bertz CT molecular complexity index is 601. The summed E-state index contributed by atoms with van der Waals surface area (Å²) in [5, 5.41) is 10.5. The van der Waals surface area contributed by atoms with Crippen molar-refractivity contribution in [3.05, 3.63) is 48.4 Å². The summed E-state index contributed by atoms with van der Waals surface area (Å²) in [6.45, 7) is 3.66. The zero-order valence-electron chi connectivity index (χ0n) is 11.4. The number of aliphatic hydroxyl groups is 1. The number of nitrogens with zero attached hydrogens (tertiary/aromatic N) is 2. The van der Waals surface area contributed by atoms with Gasteiger partial charge in [0.2, 0.25) is 5.88 Å². The van der Waals surface area contributed by atoms with E-state index in [2.05, 4.69) is 9.97 Å². The molecule has 2 aromatic heterocycles. The normalized spacial score (nSPS) is 23.6. The Kier molecular flexibility index (Phi) is 3.06. The van der Waals surface area contributed by atoms with Gasteiger partial charge in [-0.15, -0.1) is 0 Å². The number of pyridine rings is 2. The molecule has 5 nitrogen and oxygen atoms in total. The first kappa shape index (κ1) is 12.9. The van der Waals surface area contributed by atoms with Crippen LogP contribution in [0.4, 0.5) is 0 Å². The van der Waals surface area contributed by atoms with Crippen LogP contribution in [0.25, 0.3) is 0 Å². The van der Waals surface area contributed by atoms with Crippen molar-refractivity contribution in [2.75, 3.05) is 0 Å². The van der Waals surface area contributed by atoms with Crippen LogP contribution < -0.4 is 9.47 Å². The lowest BCUT2D eigenvalue weighted by molar-refractivity contribution is -0.104. The quantitative estimate of drug-likeness (QED) is 0.907. The van der Waals surface area contributed by atoms with Gasteiger partial charge in [-0.1, -0.05) is 6.07 Å². The van der Waals surface area contributed by atoms with Crippen LogP contribution in [0.15, 0.2) is 42.9 Å². The highest BCUT2D eigenvalue weighted by Gasteiger charge is 2.44. The van der Waals surface area contributed by atoms with Crippen molar-refractivity contribution >= 4 is 0 Å². The van der Waals surface area contributed by atoms with Gasteiger partial charge in [0.05, 0.1) is 5.56 Å². The first-order valence-electron chi connectivity index (χ1n) is 6.46. The highest BCUT2D eigenvalue weighted by molar-refractivity contribution is 5.37. The molecular weight excluding hydrogens is 256 g/mol. The van der Waals surface area contributed by atoms with E-state index in [-0.39, 0.29) is 0 Å². The third-order valence-electron chi connectivity index (χ3n) is 3.37. The van der Waals surface area contributed by atoms with Gasteiger partial charge < -0.3 is 14.6 Å². The number of aliphatic hydroxyl groups excluding tert-OH is 1. The number of hydrogen-bond donors (Lipinski definition) is 1. The summed E-state index contributed by atoms with van der Waals surface area (Å²) in [7, 11) is 0. The molecule has 0 bridgehead atoms.